The van der Waals surface area contributed by atoms with Crippen molar-refractivity contribution in [2.75, 3.05) is 26.2 Å². The smallest absolute Gasteiger partial charge is 0.243 e. The molecule has 3 rings (SSSR count). The summed E-state index contributed by atoms with van der Waals surface area (Å²) >= 11 is 0. The molecule has 0 spiro atoms. The van der Waals surface area contributed by atoms with Crippen LogP contribution in [0.1, 0.15) is 18.4 Å². The van der Waals surface area contributed by atoms with Gasteiger partial charge in [0.15, 0.2) is 0 Å². The van der Waals surface area contributed by atoms with E-state index in [9.17, 15) is 21.2 Å². The van der Waals surface area contributed by atoms with Gasteiger partial charge in [0, 0.05) is 19.6 Å². The summed E-state index contributed by atoms with van der Waals surface area (Å²) in [4.78, 5) is 0.215. The molecule has 1 fully saturated rings. The molecule has 29 heavy (non-hydrogen) atoms. The molecule has 1 aliphatic heterocycles. The largest absolute Gasteiger partial charge is 0.492 e. The van der Waals surface area contributed by atoms with Crippen LogP contribution in [0, 0.1) is 5.82 Å². The monoisotopic (exact) mass is 442 g/mol. The van der Waals surface area contributed by atoms with E-state index in [1.165, 1.54) is 40.7 Å². The maximum absolute atomic E-state index is 12.9. The van der Waals surface area contributed by atoms with Gasteiger partial charge in [0.05, 0.1) is 10.6 Å². The molecule has 0 radical (unpaired) electrons. The lowest BCUT2D eigenvalue weighted by atomic mass is 10.2. The van der Waals surface area contributed by atoms with Crippen molar-refractivity contribution in [2.24, 2.45) is 0 Å². The van der Waals surface area contributed by atoms with Crippen molar-refractivity contribution in [3.05, 3.63) is 59.9 Å². The highest BCUT2D eigenvalue weighted by Gasteiger charge is 2.26. The summed E-state index contributed by atoms with van der Waals surface area (Å²) in [6, 6.07) is 11.3. The van der Waals surface area contributed by atoms with E-state index in [1.807, 2.05) is 0 Å². The highest BCUT2D eigenvalue weighted by atomic mass is 32.2. The SMILES string of the molecule is O=S(=O)(Cc1ccc(F)cc1)NCCOc1ccc(S(=O)(=O)N2CCCC2)cc1. The van der Waals surface area contributed by atoms with Gasteiger partial charge in [-0.25, -0.2) is 25.9 Å². The Morgan fingerprint density at radius 3 is 2.17 bits per heavy atom. The van der Waals surface area contributed by atoms with Crippen molar-refractivity contribution in [3.8, 4) is 5.75 Å². The number of nitrogens with one attached hydrogen (secondary N) is 1. The third-order valence-corrected chi connectivity index (χ3v) is 7.76. The Labute approximate surface area is 170 Å². The van der Waals surface area contributed by atoms with Crippen molar-refractivity contribution < 1.29 is 26.0 Å². The summed E-state index contributed by atoms with van der Waals surface area (Å²) in [5.41, 5.74) is 0.481. The zero-order chi connectivity index (χ0) is 20.9. The zero-order valence-corrected chi connectivity index (χ0v) is 17.4. The molecule has 1 heterocycles. The van der Waals surface area contributed by atoms with Crippen LogP contribution >= 0.6 is 0 Å². The molecular weight excluding hydrogens is 419 g/mol. The van der Waals surface area contributed by atoms with Crippen molar-refractivity contribution in [1.29, 1.82) is 0 Å². The number of nitrogens with zero attached hydrogens (tertiary/aromatic N) is 1. The molecule has 0 aliphatic carbocycles. The van der Waals surface area contributed by atoms with Gasteiger partial charge in [0.1, 0.15) is 18.2 Å². The lowest BCUT2D eigenvalue weighted by molar-refractivity contribution is 0.322. The van der Waals surface area contributed by atoms with Gasteiger partial charge in [-0.05, 0) is 54.8 Å². The fourth-order valence-corrected chi connectivity index (χ4v) is 5.65. The van der Waals surface area contributed by atoms with Gasteiger partial charge in [-0.3, -0.25) is 0 Å². The zero-order valence-electron chi connectivity index (χ0n) is 15.8. The molecule has 158 valence electrons. The van der Waals surface area contributed by atoms with E-state index in [1.54, 1.807) is 12.1 Å². The van der Waals surface area contributed by atoms with Crippen LogP contribution in [0.15, 0.2) is 53.4 Å². The molecule has 2 aromatic carbocycles. The van der Waals surface area contributed by atoms with Gasteiger partial charge < -0.3 is 4.74 Å². The molecule has 7 nitrogen and oxygen atoms in total. The fraction of sp³-hybridized carbons (Fsp3) is 0.368. The van der Waals surface area contributed by atoms with Crippen LogP contribution in [0.25, 0.3) is 0 Å². The molecule has 1 saturated heterocycles. The van der Waals surface area contributed by atoms with E-state index in [0.717, 1.165) is 12.8 Å². The van der Waals surface area contributed by atoms with Crippen LogP contribution in [0.5, 0.6) is 5.75 Å². The van der Waals surface area contributed by atoms with Gasteiger partial charge in [-0.15, -0.1) is 0 Å². The average Bonchev–Trinajstić information content (AvgIpc) is 3.23. The summed E-state index contributed by atoms with van der Waals surface area (Å²) in [6.07, 6.45) is 1.75. The second-order valence-electron chi connectivity index (χ2n) is 6.71. The van der Waals surface area contributed by atoms with Crippen molar-refractivity contribution in [3.63, 3.8) is 0 Å². The maximum atomic E-state index is 12.9. The molecule has 0 unspecified atom stereocenters. The summed E-state index contributed by atoms with van der Waals surface area (Å²) in [5.74, 6) is -0.231. The van der Waals surface area contributed by atoms with E-state index in [2.05, 4.69) is 4.72 Å². The first-order valence-electron chi connectivity index (χ1n) is 9.21. The minimum atomic E-state index is -3.57. The predicted molar refractivity (Wildman–Crippen MR) is 107 cm³/mol. The third kappa shape index (κ3) is 5.99. The first kappa shape index (κ1) is 21.7. The number of ether oxygens (including phenoxy) is 1. The fourth-order valence-electron chi connectivity index (χ4n) is 3.00. The summed E-state index contributed by atoms with van der Waals surface area (Å²) in [5, 5.41) is 0. The minimum Gasteiger partial charge on any atom is -0.492 e. The standard InChI is InChI=1S/C19H23FN2O5S2/c20-17-5-3-16(4-6-17)15-28(23,24)21-11-14-27-18-7-9-19(10-8-18)29(25,26)22-12-1-2-13-22/h3-10,21H,1-2,11-15H2. The molecule has 0 amide bonds. The van der Waals surface area contributed by atoms with Gasteiger partial charge in [-0.2, -0.15) is 4.31 Å². The van der Waals surface area contributed by atoms with Crippen LogP contribution < -0.4 is 9.46 Å². The van der Waals surface area contributed by atoms with Crippen molar-refractivity contribution >= 4 is 20.0 Å². The summed E-state index contributed by atoms with van der Waals surface area (Å²) < 4.78 is 71.3. The molecule has 10 heteroatoms. The number of sulfonamides is 2. The topological polar surface area (TPSA) is 92.8 Å². The van der Waals surface area contributed by atoms with Gasteiger partial charge in [-0.1, -0.05) is 12.1 Å². The van der Waals surface area contributed by atoms with Crippen molar-refractivity contribution in [1.82, 2.24) is 9.03 Å². The number of halogens is 1. The number of hydrogen-bond acceptors (Lipinski definition) is 5. The van der Waals surface area contributed by atoms with E-state index in [0.29, 0.717) is 24.4 Å². The molecule has 1 aliphatic rings. The van der Waals surface area contributed by atoms with E-state index < -0.39 is 25.9 Å². The number of benzene rings is 2. The third-order valence-electron chi connectivity index (χ3n) is 4.49. The van der Waals surface area contributed by atoms with Crippen LogP contribution in [-0.4, -0.2) is 47.4 Å². The number of rotatable bonds is 9. The van der Waals surface area contributed by atoms with Gasteiger partial charge in [0.25, 0.3) is 0 Å². The van der Waals surface area contributed by atoms with E-state index >= 15 is 0 Å². The molecule has 0 aromatic heterocycles. The Kier molecular flexibility index (Phi) is 6.89. The lowest BCUT2D eigenvalue weighted by Crippen LogP contribution is -2.29. The maximum Gasteiger partial charge on any atom is 0.243 e. The molecule has 2 aromatic rings. The minimum absolute atomic E-state index is 0.0529. The Balaban J connectivity index is 1.47. The Hall–Kier alpha value is -2.01. The molecule has 0 bridgehead atoms. The van der Waals surface area contributed by atoms with Crippen LogP contribution in [0.4, 0.5) is 4.39 Å². The Morgan fingerprint density at radius 2 is 1.55 bits per heavy atom. The second kappa shape index (κ2) is 9.21. The average molecular weight is 443 g/mol. The van der Waals surface area contributed by atoms with Crippen LogP contribution in [-0.2, 0) is 25.8 Å². The predicted octanol–water partition coefficient (Wildman–Crippen LogP) is 2.11. The van der Waals surface area contributed by atoms with Gasteiger partial charge in [0.2, 0.25) is 20.0 Å². The normalized spacial score (nSPS) is 15.5. The van der Waals surface area contributed by atoms with Gasteiger partial charge >= 0.3 is 0 Å². The Morgan fingerprint density at radius 1 is 0.931 bits per heavy atom. The Bertz CT molecular complexity index is 1020. The van der Waals surface area contributed by atoms with Crippen molar-refractivity contribution in [2.45, 2.75) is 23.5 Å². The van der Waals surface area contributed by atoms with E-state index in [4.69, 9.17) is 4.74 Å². The van der Waals surface area contributed by atoms with Crippen LogP contribution in [0.2, 0.25) is 0 Å². The highest BCUT2D eigenvalue weighted by Crippen LogP contribution is 2.22. The first-order valence-corrected chi connectivity index (χ1v) is 12.3. The summed E-state index contributed by atoms with van der Waals surface area (Å²) in [7, 11) is -7.04. The quantitative estimate of drug-likeness (QED) is 0.601. The first-order chi connectivity index (χ1) is 13.8. The molecule has 0 atom stereocenters. The lowest BCUT2D eigenvalue weighted by Gasteiger charge is -2.15. The van der Waals surface area contributed by atoms with Crippen LogP contribution in [0.3, 0.4) is 0 Å². The molecule has 0 saturated carbocycles. The molecular formula is C19H23FN2O5S2. The second-order valence-corrected chi connectivity index (χ2v) is 10.5. The number of hydrogen-bond donors (Lipinski definition) is 1. The molecule has 1 N–H and O–H groups in total. The summed E-state index contributed by atoms with van der Waals surface area (Å²) in [6.45, 7) is 1.22. The van der Waals surface area contributed by atoms with E-state index in [-0.39, 0.29) is 23.8 Å². The highest BCUT2D eigenvalue weighted by molar-refractivity contribution is 7.89.